The Morgan fingerprint density at radius 1 is 1.17 bits per heavy atom. The molecular formula is C17H12ClF3N6O2. The fourth-order valence-corrected chi connectivity index (χ4v) is 2.55. The first-order valence-electron chi connectivity index (χ1n) is 8.01. The van der Waals surface area contributed by atoms with Crippen LogP contribution < -0.4 is 10.6 Å². The fourth-order valence-electron chi connectivity index (χ4n) is 2.39. The van der Waals surface area contributed by atoms with Crippen molar-refractivity contribution in [2.45, 2.75) is 12.7 Å². The number of halogens is 4. The summed E-state index contributed by atoms with van der Waals surface area (Å²) in [4.78, 5) is 22.4. The number of hydrogen-bond donors (Lipinski definition) is 2. The van der Waals surface area contributed by atoms with E-state index in [1.165, 1.54) is 0 Å². The molecule has 2 N–H and O–H groups in total. The summed E-state index contributed by atoms with van der Waals surface area (Å²) in [5.41, 5.74) is -0.932. The van der Waals surface area contributed by atoms with Crippen LogP contribution in [0.2, 0.25) is 5.02 Å². The Balaban J connectivity index is 1.93. The number of pyridine rings is 1. The maximum Gasteiger partial charge on any atom is 0.416 e. The Kier molecular flexibility index (Phi) is 5.78. The zero-order chi connectivity index (χ0) is 21.0. The van der Waals surface area contributed by atoms with E-state index in [1.54, 1.807) is 24.5 Å². The van der Waals surface area contributed by atoms with Crippen LogP contribution in [-0.4, -0.2) is 19.9 Å². The molecule has 150 valence electrons. The summed E-state index contributed by atoms with van der Waals surface area (Å²) in [5, 5.41) is 16.8. The molecule has 3 rings (SSSR count). The first-order valence-corrected chi connectivity index (χ1v) is 8.39. The molecule has 0 atom stereocenters. The zero-order valence-corrected chi connectivity index (χ0v) is 15.2. The lowest BCUT2D eigenvalue weighted by Gasteiger charge is -2.13. The van der Waals surface area contributed by atoms with Crippen LogP contribution >= 0.6 is 11.6 Å². The van der Waals surface area contributed by atoms with Crippen molar-refractivity contribution in [3.63, 3.8) is 0 Å². The van der Waals surface area contributed by atoms with E-state index in [0.29, 0.717) is 0 Å². The number of aromatic nitrogens is 3. The van der Waals surface area contributed by atoms with E-state index in [-0.39, 0.29) is 28.9 Å². The molecule has 0 spiro atoms. The second-order valence-corrected chi connectivity index (χ2v) is 6.12. The average molecular weight is 425 g/mol. The summed E-state index contributed by atoms with van der Waals surface area (Å²) in [7, 11) is 0. The summed E-state index contributed by atoms with van der Waals surface area (Å²) < 4.78 is 38.9. The van der Waals surface area contributed by atoms with E-state index in [2.05, 4.69) is 25.6 Å². The van der Waals surface area contributed by atoms with Crippen LogP contribution in [-0.2, 0) is 12.7 Å². The molecule has 0 saturated heterocycles. The number of hydrogen-bond acceptors (Lipinski definition) is 7. The second-order valence-electron chi connectivity index (χ2n) is 5.71. The van der Waals surface area contributed by atoms with Crippen LogP contribution in [0.25, 0.3) is 0 Å². The Morgan fingerprint density at radius 2 is 1.93 bits per heavy atom. The lowest BCUT2D eigenvalue weighted by Crippen LogP contribution is -2.09. The van der Waals surface area contributed by atoms with Gasteiger partial charge in [-0.3, -0.25) is 15.1 Å². The number of nitrogens with zero attached hydrogens (tertiary/aromatic N) is 4. The van der Waals surface area contributed by atoms with Crippen molar-refractivity contribution in [3.05, 3.63) is 75.3 Å². The molecule has 0 fully saturated rings. The lowest BCUT2D eigenvalue weighted by atomic mass is 10.2. The second kappa shape index (κ2) is 8.27. The molecule has 0 aliphatic carbocycles. The molecule has 0 bridgehead atoms. The molecule has 0 unspecified atom stereocenters. The molecule has 12 heteroatoms. The molecule has 8 nitrogen and oxygen atoms in total. The van der Waals surface area contributed by atoms with Crippen molar-refractivity contribution in [3.8, 4) is 0 Å². The summed E-state index contributed by atoms with van der Waals surface area (Å²) in [6.45, 7) is 0.190. The third-order valence-corrected chi connectivity index (χ3v) is 4.06. The Bertz CT molecular complexity index is 1030. The minimum atomic E-state index is -4.60. The monoisotopic (exact) mass is 424 g/mol. The van der Waals surface area contributed by atoms with Crippen molar-refractivity contribution >= 4 is 34.6 Å². The molecule has 3 aromatic rings. The minimum Gasteiger partial charge on any atom is -0.360 e. The van der Waals surface area contributed by atoms with Crippen LogP contribution in [0.4, 0.5) is 36.2 Å². The number of nitro groups is 1. The number of benzene rings is 1. The van der Waals surface area contributed by atoms with E-state index in [1.807, 2.05) is 0 Å². The van der Waals surface area contributed by atoms with Gasteiger partial charge in [0, 0.05) is 18.9 Å². The third-order valence-electron chi connectivity index (χ3n) is 3.73. The first-order chi connectivity index (χ1) is 13.8. The highest BCUT2D eigenvalue weighted by atomic mass is 35.5. The fraction of sp³-hybridized carbons (Fsp3) is 0.118. The van der Waals surface area contributed by atoms with Gasteiger partial charge in [-0.25, -0.2) is 9.97 Å². The highest BCUT2D eigenvalue weighted by Crippen LogP contribution is 2.37. The molecule has 0 aliphatic rings. The summed E-state index contributed by atoms with van der Waals surface area (Å²) >= 11 is 5.94. The van der Waals surface area contributed by atoms with Gasteiger partial charge in [0.15, 0.2) is 0 Å². The minimum absolute atomic E-state index is 0.0595. The van der Waals surface area contributed by atoms with Crippen molar-refractivity contribution in [1.82, 2.24) is 15.0 Å². The molecule has 0 amide bonds. The standard InChI is InChI=1S/C17H12ClF3N6O2/c18-12-4-3-11(17(19,20)21)6-13(12)26-16-14(27(28)29)15(24-9-25-16)23-8-10-2-1-5-22-7-10/h1-7,9H,8H2,(H2,23,24,25,26). The molecule has 1 aromatic carbocycles. The maximum absolute atomic E-state index is 13.0. The van der Waals surface area contributed by atoms with Crippen molar-refractivity contribution in [2.24, 2.45) is 0 Å². The van der Waals surface area contributed by atoms with E-state index < -0.39 is 22.4 Å². The van der Waals surface area contributed by atoms with Gasteiger partial charge < -0.3 is 10.6 Å². The molecule has 0 radical (unpaired) electrons. The Labute approximate surface area is 166 Å². The molecule has 0 aliphatic heterocycles. The molecule has 0 saturated carbocycles. The van der Waals surface area contributed by atoms with E-state index >= 15 is 0 Å². The van der Waals surface area contributed by atoms with Crippen molar-refractivity contribution < 1.29 is 18.1 Å². The van der Waals surface area contributed by atoms with Crippen LogP contribution in [0, 0.1) is 10.1 Å². The maximum atomic E-state index is 13.0. The quantitative estimate of drug-likeness (QED) is 0.432. The van der Waals surface area contributed by atoms with Crippen LogP contribution in [0.15, 0.2) is 49.1 Å². The van der Waals surface area contributed by atoms with Gasteiger partial charge in [0.05, 0.1) is 21.2 Å². The Morgan fingerprint density at radius 3 is 2.59 bits per heavy atom. The van der Waals surface area contributed by atoms with Gasteiger partial charge in [-0.2, -0.15) is 13.2 Å². The topological polar surface area (TPSA) is 106 Å². The van der Waals surface area contributed by atoms with Gasteiger partial charge in [0.25, 0.3) is 0 Å². The Hall–Kier alpha value is -3.47. The van der Waals surface area contributed by atoms with E-state index in [4.69, 9.17) is 11.6 Å². The molecule has 2 aromatic heterocycles. The molecule has 2 heterocycles. The summed E-state index contributed by atoms with van der Waals surface area (Å²) in [6, 6.07) is 6.06. The third kappa shape index (κ3) is 4.88. The summed E-state index contributed by atoms with van der Waals surface area (Å²) in [6.07, 6.45) is -0.406. The smallest absolute Gasteiger partial charge is 0.360 e. The number of rotatable bonds is 6. The van der Waals surface area contributed by atoms with E-state index in [9.17, 15) is 23.3 Å². The summed E-state index contributed by atoms with van der Waals surface area (Å²) in [5.74, 6) is -0.417. The van der Waals surface area contributed by atoms with Crippen LogP contribution in [0.1, 0.15) is 11.1 Å². The average Bonchev–Trinajstić information content (AvgIpc) is 2.68. The van der Waals surface area contributed by atoms with Crippen LogP contribution in [0.3, 0.4) is 0 Å². The van der Waals surface area contributed by atoms with Gasteiger partial charge >= 0.3 is 11.9 Å². The highest BCUT2D eigenvalue weighted by molar-refractivity contribution is 6.33. The normalized spacial score (nSPS) is 11.2. The predicted octanol–water partition coefficient (Wildman–Crippen LogP) is 4.81. The van der Waals surface area contributed by atoms with Crippen molar-refractivity contribution in [1.29, 1.82) is 0 Å². The highest BCUT2D eigenvalue weighted by Gasteiger charge is 2.31. The van der Waals surface area contributed by atoms with E-state index in [0.717, 1.165) is 30.1 Å². The number of anilines is 3. The van der Waals surface area contributed by atoms with Gasteiger partial charge in [-0.15, -0.1) is 0 Å². The van der Waals surface area contributed by atoms with Crippen LogP contribution in [0.5, 0.6) is 0 Å². The number of alkyl halides is 3. The SMILES string of the molecule is O=[N+]([O-])c1c(NCc2cccnc2)ncnc1Nc1cc(C(F)(F)F)ccc1Cl. The zero-order valence-electron chi connectivity index (χ0n) is 14.4. The van der Waals surface area contributed by atoms with Gasteiger partial charge in [0.1, 0.15) is 6.33 Å². The molecular weight excluding hydrogens is 413 g/mol. The van der Waals surface area contributed by atoms with Gasteiger partial charge in [0.2, 0.25) is 11.6 Å². The lowest BCUT2D eigenvalue weighted by molar-refractivity contribution is -0.383. The van der Waals surface area contributed by atoms with Crippen molar-refractivity contribution in [2.75, 3.05) is 10.6 Å². The van der Waals surface area contributed by atoms with Gasteiger partial charge in [-0.1, -0.05) is 17.7 Å². The largest absolute Gasteiger partial charge is 0.416 e. The molecule has 29 heavy (non-hydrogen) atoms. The predicted molar refractivity (Wildman–Crippen MR) is 100.0 cm³/mol. The number of nitrogens with one attached hydrogen (secondary N) is 2. The van der Waals surface area contributed by atoms with Gasteiger partial charge in [-0.05, 0) is 29.8 Å². The first kappa shape index (κ1) is 20.3.